The largest absolute Gasteiger partial charge is 0.450 e. The number of aryl methyl sites for hydroxylation is 1. The third-order valence-corrected chi connectivity index (χ3v) is 6.38. The second-order valence-corrected chi connectivity index (χ2v) is 8.24. The topological polar surface area (TPSA) is 77.0 Å². The molecule has 1 aliphatic heterocycles. The molecule has 7 nitrogen and oxygen atoms in total. The van der Waals surface area contributed by atoms with Crippen molar-refractivity contribution in [3.05, 3.63) is 48.5 Å². The number of hydrogen-bond donors (Lipinski definition) is 0. The maximum absolute atomic E-state index is 12.3. The van der Waals surface area contributed by atoms with Crippen molar-refractivity contribution in [1.29, 1.82) is 0 Å². The van der Waals surface area contributed by atoms with Gasteiger partial charge in [-0.1, -0.05) is 12.1 Å². The van der Waals surface area contributed by atoms with Crippen molar-refractivity contribution in [2.45, 2.75) is 19.5 Å². The minimum Gasteiger partial charge on any atom is -0.450 e. The van der Waals surface area contributed by atoms with Gasteiger partial charge in [-0.15, -0.1) is 0 Å². The van der Waals surface area contributed by atoms with Crippen LogP contribution in [0.2, 0.25) is 0 Å². The van der Waals surface area contributed by atoms with Gasteiger partial charge in [-0.2, -0.15) is 5.10 Å². The molecule has 2 atom stereocenters. The van der Waals surface area contributed by atoms with Gasteiger partial charge in [-0.05, 0) is 19.1 Å². The lowest BCUT2D eigenvalue weighted by atomic mass is 10.1. The van der Waals surface area contributed by atoms with Gasteiger partial charge in [0.15, 0.2) is 11.4 Å². The molecular formula is C19H19N5O2S. The summed E-state index contributed by atoms with van der Waals surface area (Å²) in [5, 5.41) is 5.37. The van der Waals surface area contributed by atoms with Crippen LogP contribution in [-0.4, -0.2) is 42.0 Å². The van der Waals surface area contributed by atoms with Gasteiger partial charge < -0.3 is 9.32 Å². The summed E-state index contributed by atoms with van der Waals surface area (Å²) in [6, 6.07) is 7.82. The summed E-state index contributed by atoms with van der Waals surface area (Å²) >= 11 is 0. The third kappa shape index (κ3) is 2.71. The molecule has 4 aromatic rings. The monoisotopic (exact) mass is 381 g/mol. The number of fused-ring (bicyclic) bond motifs is 3. The molecule has 0 radical (unpaired) electrons. The van der Waals surface area contributed by atoms with E-state index in [1.807, 2.05) is 41.3 Å². The smallest absolute Gasteiger partial charge is 0.196 e. The van der Waals surface area contributed by atoms with E-state index in [9.17, 15) is 4.21 Å². The maximum atomic E-state index is 12.3. The van der Waals surface area contributed by atoms with Crippen molar-refractivity contribution in [2.75, 3.05) is 23.0 Å². The number of rotatable bonds is 3. The Morgan fingerprint density at radius 1 is 1.30 bits per heavy atom. The van der Waals surface area contributed by atoms with E-state index in [0.717, 1.165) is 34.4 Å². The van der Waals surface area contributed by atoms with Crippen LogP contribution < -0.4 is 4.90 Å². The Balaban J connectivity index is 1.65. The average molecular weight is 381 g/mol. The zero-order valence-corrected chi connectivity index (χ0v) is 15.7. The third-order valence-electron chi connectivity index (χ3n) is 5.05. The van der Waals surface area contributed by atoms with Crippen molar-refractivity contribution in [3.63, 3.8) is 0 Å². The van der Waals surface area contributed by atoms with Crippen molar-refractivity contribution >= 4 is 38.7 Å². The molecule has 1 saturated heterocycles. The highest BCUT2D eigenvalue weighted by atomic mass is 32.2. The minimum atomic E-state index is -0.859. The van der Waals surface area contributed by atoms with Gasteiger partial charge in [0, 0.05) is 52.5 Å². The normalized spacial score (nSPS) is 20.6. The summed E-state index contributed by atoms with van der Waals surface area (Å²) in [7, 11) is -0.859. The maximum Gasteiger partial charge on any atom is 0.196 e. The highest BCUT2D eigenvalue weighted by Gasteiger charge is 2.32. The molecule has 1 fully saturated rings. The number of anilines is 1. The molecule has 0 spiro atoms. The predicted molar refractivity (Wildman–Crippen MR) is 105 cm³/mol. The molecule has 0 aliphatic carbocycles. The fourth-order valence-electron chi connectivity index (χ4n) is 3.68. The number of benzene rings is 1. The number of para-hydroxylation sites is 1. The molecule has 0 unspecified atom stereocenters. The Bertz CT molecular complexity index is 1150. The molecule has 1 aliphatic rings. The van der Waals surface area contributed by atoms with Crippen LogP contribution in [0.4, 0.5) is 5.82 Å². The fraction of sp³-hybridized carbons (Fsp3) is 0.316. The Morgan fingerprint density at radius 3 is 3.04 bits per heavy atom. The van der Waals surface area contributed by atoms with Crippen molar-refractivity contribution in [2.24, 2.45) is 0 Å². The summed E-state index contributed by atoms with van der Waals surface area (Å²) in [6.07, 6.45) is 5.47. The van der Waals surface area contributed by atoms with Crippen LogP contribution in [0.5, 0.6) is 0 Å². The van der Waals surface area contributed by atoms with E-state index in [-0.39, 0.29) is 6.04 Å². The number of furan rings is 1. The summed E-state index contributed by atoms with van der Waals surface area (Å²) in [5.41, 5.74) is 3.34. The van der Waals surface area contributed by atoms with E-state index in [2.05, 4.69) is 26.9 Å². The Morgan fingerprint density at radius 2 is 2.19 bits per heavy atom. The second-order valence-electron chi connectivity index (χ2n) is 6.62. The molecule has 8 heteroatoms. The van der Waals surface area contributed by atoms with Crippen LogP contribution in [0.3, 0.4) is 0 Å². The molecule has 5 rings (SSSR count). The summed E-state index contributed by atoms with van der Waals surface area (Å²) in [4.78, 5) is 11.2. The van der Waals surface area contributed by atoms with Gasteiger partial charge in [0.1, 0.15) is 17.4 Å². The zero-order valence-electron chi connectivity index (χ0n) is 14.9. The van der Waals surface area contributed by atoms with Crippen LogP contribution in [0.25, 0.3) is 22.1 Å². The Kier molecular flexibility index (Phi) is 3.93. The first-order chi connectivity index (χ1) is 13.2. The predicted octanol–water partition coefficient (Wildman–Crippen LogP) is 2.90. The molecule has 1 aromatic carbocycles. The molecule has 27 heavy (non-hydrogen) atoms. The van der Waals surface area contributed by atoms with E-state index in [1.165, 1.54) is 0 Å². The quantitative estimate of drug-likeness (QED) is 0.543. The van der Waals surface area contributed by atoms with Gasteiger partial charge in [0.05, 0.1) is 12.2 Å². The van der Waals surface area contributed by atoms with E-state index in [4.69, 9.17) is 4.42 Å². The lowest BCUT2D eigenvalue weighted by Gasteiger charge is -2.35. The SMILES string of the molecule is CCn1cc([C@@H]2C[S@](=O)CCN2c2ncnc3c2oc2ccccc23)cn1. The molecule has 0 saturated carbocycles. The number of aromatic nitrogens is 4. The first-order valence-electron chi connectivity index (χ1n) is 9.01. The Hall–Kier alpha value is -2.74. The standard InChI is InChI=1S/C19H19N5O2S/c1-2-23-10-13(9-22-23)15-11-27(25)8-7-24(15)19-18-17(20-12-21-19)14-5-3-4-6-16(14)26-18/h3-6,9-10,12,15H,2,7-8,11H2,1H3/t15-,27+/m0/s1. The van der Waals surface area contributed by atoms with Crippen LogP contribution >= 0.6 is 0 Å². The van der Waals surface area contributed by atoms with E-state index in [1.54, 1.807) is 6.33 Å². The lowest BCUT2D eigenvalue weighted by molar-refractivity contribution is 0.616. The van der Waals surface area contributed by atoms with Crippen molar-refractivity contribution < 1.29 is 8.63 Å². The molecule has 0 amide bonds. The number of nitrogens with zero attached hydrogens (tertiary/aromatic N) is 5. The van der Waals surface area contributed by atoms with Gasteiger partial charge in [0.2, 0.25) is 0 Å². The Labute approximate surface area is 158 Å². The van der Waals surface area contributed by atoms with E-state index in [0.29, 0.717) is 23.6 Å². The van der Waals surface area contributed by atoms with Crippen LogP contribution in [-0.2, 0) is 17.3 Å². The first kappa shape index (κ1) is 16.4. The highest BCUT2D eigenvalue weighted by Crippen LogP contribution is 2.36. The molecule has 3 aromatic heterocycles. The second kappa shape index (κ2) is 6.45. The summed E-state index contributed by atoms with van der Waals surface area (Å²) < 4.78 is 20.3. The average Bonchev–Trinajstić information content (AvgIpc) is 3.32. The molecular weight excluding hydrogens is 362 g/mol. The zero-order chi connectivity index (χ0) is 18.4. The van der Waals surface area contributed by atoms with E-state index < -0.39 is 10.8 Å². The van der Waals surface area contributed by atoms with Gasteiger partial charge in [0.25, 0.3) is 0 Å². The fourth-order valence-corrected chi connectivity index (χ4v) is 4.97. The van der Waals surface area contributed by atoms with Crippen LogP contribution in [0.1, 0.15) is 18.5 Å². The van der Waals surface area contributed by atoms with Crippen LogP contribution in [0, 0.1) is 0 Å². The molecule has 4 heterocycles. The van der Waals surface area contributed by atoms with Gasteiger partial charge in [-0.25, -0.2) is 9.97 Å². The summed E-state index contributed by atoms with van der Waals surface area (Å²) in [5.74, 6) is 1.92. The lowest BCUT2D eigenvalue weighted by Crippen LogP contribution is -2.41. The first-order valence-corrected chi connectivity index (χ1v) is 10.5. The molecule has 0 bridgehead atoms. The molecule has 138 valence electrons. The number of hydrogen-bond acceptors (Lipinski definition) is 6. The van der Waals surface area contributed by atoms with Gasteiger partial charge in [-0.3, -0.25) is 8.89 Å². The molecule has 0 N–H and O–H groups in total. The van der Waals surface area contributed by atoms with Crippen LogP contribution in [0.15, 0.2) is 47.4 Å². The minimum absolute atomic E-state index is 0.0498. The summed E-state index contributed by atoms with van der Waals surface area (Å²) in [6.45, 7) is 3.50. The van der Waals surface area contributed by atoms with Crippen molar-refractivity contribution in [3.8, 4) is 0 Å². The van der Waals surface area contributed by atoms with E-state index >= 15 is 0 Å². The highest BCUT2D eigenvalue weighted by molar-refractivity contribution is 7.85. The van der Waals surface area contributed by atoms with Gasteiger partial charge >= 0.3 is 0 Å². The van der Waals surface area contributed by atoms with Crippen molar-refractivity contribution in [1.82, 2.24) is 19.7 Å².